The summed E-state index contributed by atoms with van der Waals surface area (Å²) in [5.74, 6) is 1.04. The molecule has 2 fully saturated rings. The van der Waals surface area contributed by atoms with E-state index in [1.165, 1.54) is 10.6 Å². The summed E-state index contributed by atoms with van der Waals surface area (Å²) in [6.07, 6.45) is 2.82. The van der Waals surface area contributed by atoms with Gasteiger partial charge >= 0.3 is 6.03 Å². The largest absolute Gasteiger partial charge is 0.324 e. The van der Waals surface area contributed by atoms with Crippen molar-refractivity contribution >= 4 is 62.6 Å². The summed E-state index contributed by atoms with van der Waals surface area (Å²) >= 11 is 20.0. The first-order valence-corrected chi connectivity index (χ1v) is 14.8. The van der Waals surface area contributed by atoms with E-state index in [2.05, 4.69) is 4.98 Å². The molecule has 1 aromatic carbocycles. The summed E-state index contributed by atoms with van der Waals surface area (Å²) in [5.41, 5.74) is 1.04. The maximum Gasteiger partial charge on any atom is 0.320 e. The summed E-state index contributed by atoms with van der Waals surface area (Å²) < 4.78 is 25.0. The molecule has 1 aromatic heterocycles. The molecule has 34 heavy (non-hydrogen) atoms. The number of rotatable bonds is 5. The van der Waals surface area contributed by atoms with Crippen LogP contribution in [0.15, 0.2) is 41.6 Å². The zero-order valence-corrected chi connectivity index (χ0v) is 22.4. The molecule has 2 amide bonds. The number of nitrogens with zero attached hydrogens (tertiary/aromatic N) is 4. The highest BCUT2D eigenvalue weighted by atomic mass is 35.5. The lowest BCUT2D eigenvalue weighted by atomic mass is 9.90. The molecule has 0 bridgehead atoms. The Balaban J connectivity index is 1.48. The maximum atomic E-state index is 13.3. The van der Waals surface area contributed by atoms with Crippen LogP contribution < -0.4 is 0 Å². The Bertz CT molecular complexity index is 1140. The van der Waals surface area contributed by atoms with Crippen molar-refractivity contribution in [2.75, 3.05) is 51.3 Å². The second-order valence-electron chi connectivity index (χ2n) is 8.50. The lowest BCUT2D eigenvalue weighted by Gasteiger charge is -2.35. The van der Waals surface area contributed by atoms with Gasteiger partial charge in [-0.05, 0) is 35.7 Å². The molecular formula is C22H25Cl3N4O3S2. The summed E-state index contributed by atoms with van der Waals surface area (Å²) in [6, 6.07) is 9.28. The standard InChI is InChI=1S/C22H25Cl3N4O3S2/c1-34(31,32)29-8-6-27(7-9-29)22(30)28-12-16(14-33-21-5-3-17(23)11-26-21)18(13-28)15-2-4-19(24)20(25)10-15/h2-5,10-11,16,18H,6-9,12-14H2,1H3/t16-,18-/m0/s1. The topological polar surface area (TPSA) is 73.8 Å². The summed E-state index contributed by atoms with van der Waals surface area (Å²) in [4.78, 5) is 21.3. The van der Waals surface area contributed by atoms with Crippen LogP contribution in [0.2, 0.25) is 15.1 Å². The van der Waals surface area contributed by atoms with E-state index in [-0.39, 0.29) is 17.9 Å². The van der Waals surface area contributed by atoms with Crippen molar-refractivity contribution in [2.24, 2.45) is 5.92 Å². The van der Waals surface area contributed by atoms with Crippen LogP contribution in [0.1, 0.15) is 11.5 Å². The minimum Gasteiger partial charge on any atom is -0.324 e. The van der Waals surface area contributed by atoms with E-state index in [9.17, 15) is 13.2 Å². The van der Waals surface area contributed by atoms with Crippen molar-refractivity contribution in [3.05, 3.63) is 57.2 Å². The minimum absolute atomic E-state index is 0.0599. The number of hydrogen-bond donors (Lipinski definition) is 0. The Morgan fingerprint density at radius 2 is 1.76 bits per heavy atom. The number of aromatic nitrogens is 1. The molecule has 7 nitrogen and oxygen atoms in total. The first kappa shape index (κ1) is 25.9. The highest BCUT2D eigenvalue weighted by Gasteiger charge is 2.39. The monoisotopic (exact) mass is 562 g/mol. The van der Waals surface area contributed by atoms with Crippen molar-refractivity contribution in [3.8, 4) is 0 Å². The summed E-state index contributed by atoms with van der Waals surface area (Å²) in [7, 11) is -3.25. The SMILES string of the molecule is CS(=O)(=O)N1CCN(C(=O)N2C[C@@H](CSc3ccc(Cl)cn3)[C@H](c3ccc(Cl)c(Cl)c3)C2)CC1. The van der Waals surface area contributed by atoms with Crippen LogP contribution >= 0.6 is 46.6 Å². The Morgan fingerprint density at radius 3 is 2.38 bits per heavy atom. The van der Waals surface area contributed by atoms with Crippen molar-refractivity contribution in [2.45, 2.75) is 10.9 Å². The number of sulfonamides is 1. The van der Waals surface area contributed by atoms with Gasteiger partial charge in [0.2, 0.25) is 10.0 Å². The molecule has 0 radical (unpaired) electrons. The third-order valence-corrected chi connectivity index (χ3v) is 9.60. The maximum absolute atomic E-state index is 13.3. The zero-order chi connectivity index (χ0) is 24.5. The van der Waals surface area contributed by atoms with Crippen LogP contribution in [0.4, 0.5) is 4.79 Å². The Labute approximate surface area is 219 Å². The molecule has 184 valence electrons. The van der Waals surface area contributed by atoms with E-state index in [1.54, 1.807) is 28.9 Å². The molecule has 2 aliphatic rings. The van der Waals surface area contributed by atoms with Gasteiger partial charge in [-0.1, -0.05) is 40.9 Å². The number of piperazine rings is 1. The summed E-state index contributed by atoms with van der Waals surface area (Å²) in [6.45, 7) is 2.55. The predicted molar refractivity (Wildman–Crippen MR) is 138 cm³/mol. The van der Waals surface area contributed by atoms with Crippen molar-refractivity contribution in [1.29, 1.82) is 0 Å². The van der Waals surface area contributed by atoms with Crippen molar-refractivity contribution < 1.29 is 13.2 Å². The van der Waals surface area contributed by atoms with Crippen LogP contribution in [0.25, 0.3) is 0 Å². The molecule has 2 atom stereocenters. The number of halogens is 3. The zero-order valence-electron chi connectivity index (χ0n) is 18.5. The number of urea groups is 1. The normalized spacial score (nSPS) is 21.8. The Kier molecular flexibility index (Phi) is 8.21. The van der Waals surface area contributed by atoms with Gasteiger partial charge in [0, 0.05) is 57.1 Å². The third-order valence-electron chi connectivity index (χ3n) is 6.21. The summed E-state index contributed by atoms with van der Waals surface area (Å²) in [5, 5.41) is 2.45. The van der Waals surface area contributed by atoms with Crippen LogP contribution in [0, 0.1) is 5.92 Å². The molecule has 0 saturated carbocycles. The van der Waals surface area contributed by atoms with E-state index in [0.29, 0.717) is 54.3 Å². The van der Waals surface area contributed by atoms with E-state index < -0.39 is 10.0 Å². The second kappa shape index (κ2) is 10.8. The molecule has 2 aliphatic heterocycles. The molecule has 0 N–H and O–H groups in total. The smallest absolute Gasteiger partial charge is 0.320 e. The van der Waals surface area contributed by atoms with Crippen LogP contribution in [-0.4, -0.2) is 84.8 Å². The average molecular weight is 564 g/mol. The molecule has 0 spiro atoms. The number of likely N-dealkylation sites (tertiary alicyclic amines) is 1. The molecule has 0 aliphatic carbocycles. The molecule has 3 heterocycles. The number of carbonyl (C=O) groups excluding carboxylic acids is 1. The fraction of sp³-hybridized carbons (Fsp3) is 0.455. The van der Waals surface area contributed by atoms with Gasteiger partial charge in [0.1, 0.15) is 0 Å². The van der Waals surface area contributed by atoms with E-state index in [1.807, 2.05) is 29.2 Å². The Morgan fingerprint density at radius 1 is 1.03 bits per heavy atom. The first-order valence-electron chi connectivity index (χ1n) is 10.8. The fourth-order valence-electron chi connectivity index (χ4n) is 4.37. The lowest BCUT2D eigenvalue weighted by Crippen LogP contribution is -2.53. The number of carbonyl (C=O) groups is 1. The van der Waals surface area contributed by atoms with Crippen molar-refractivity contribution in [1.82, 2.24) is 19.1 Å². The Hall–Kier alpha value is -1.23. The molecule has 0 unspecified atom stereocenters. The number of hydrogen-bond acceptors (Lipinski definition) is 5. The minimum atomic E-state index is -3.25. The highest BCUT2D eigenvalue weighted by Crippen LogP contribution is 2.38. The number of benzene rings is 1. The number of thioether (sulfide) groups is 1. The van der Waals surface area contributed by atoms with Crippen LogP contribution in [0.5, 0.6) is 0 Å². The van der Waals surface area contributed by atoms with Gasteiger partial charge < -0.3 is 9.80 Å². The molecular weight excluding hydrogens is 539 g/mol. The third kappa shape index (κ3) is 6.12. The molecule has 12 heteroatoms. The molecule has 2 saturated heterocycles. The van der Waals surface area contributed by atoms with Crippen LogP contribution in [0.3, 0.4) is 0 Å². The van der Waals surface area contributed by atoms with Gasteiger partial charge in [-0.2, -0.15) is 4.31 Å². The second-order valence-corrected chi connectivity index (χ2v) is 12.8. The number of amides is 2. The van der Waals surface area contributed by atoms with E-state index in [4.69, 9.17) is 34.8 Å². The lowest BCUT2D eigenvalue weighted by molar-refractivity contribution is 0.141. The molecule has 2 aromatic rings. The van der Waals surface area contributed by atoms with Gasteiger partial charge in [0.25, 0.3) is 0 Å². The van der Waals surface area contributed by atoms with Gasteiger partial charge in [0.15, 0.2) is 0 Å². The first-order chi connectivity index (χ1) is 16.1. The van der Waals surface area contributed by atoms with Gasteiger partial charge in [0.05, 0.1) is 26.3 Å². The van der Waals surface area contributed by atoms with Gasteiger partial charge in [-0.15, -0.1) is 11.8 Å². The predicted octanol–water partition coefficient (Wildman–Crippen LogP) is 4.55. The van der Waals surface area contributed by atoms with E-state index >= 15 is 0 Å². The van der Waals surface area contributed by atoms with Crippen molar-refractivity contribution in [3.63, 3.8) is 0 Å². The quantitative estimate of drug-likeness (QED) is 0.499. The van der Waals surface area contributed by atoms with E-state index in [0.717, 1.165) is 16.3 Å². The number of pyridine rings is 1. The molecule has 4 rings (SSSR count). The fourth-order valence-corrected chi connectivity index (χ4v) is 6.63. The highest BCUT2D eigenvalue weighted by molar-refractivity contribution is 7.99. The van der Waals surface area contributed by atoms with Gasteiger partial charge in [-0.25, -0.2) is 18.2 Å². The average Bonchev–Trinajstić information content (AvgIpc) is 3.24. The van der Waals surface area contributed by atoms with Crippen LogP contribution in [-0.2, 0) is 10.0 Å². The van der Waals surface area contributed by atoms with Gasteiger partial charge in [-0.3, -0.25) is 0 Å².